The Morgan fingerprint density at radius 3 is 2.04 bits per heavy atom. The third-order valence-corrected chi connectivity index (χ3v) is 7.77. The summed E-state index contributed by atoms with van der Waals surface area (Å²) in [5.41, 5.74) is 0. The molecule has 2 fully saturated rings. The summed E-state index contributed by atoms with van der Waals surface area (Å²) in [5.74, 6) is -1.17. The average molecular weight is 408 g/mol. The third-order valence-electron chi connectivity index (χ3n) is 5.86. The Morgan fingerprint density at radius 1 is 0.964 bits per heavy atom. The van der Waals surface area contributed by atoms with Crippen LogP contribution in [0.2, 0.25) is 0 Å². The fourth-order valence-electron chi connectivity index (χ4n) is 4.20. The van der Waals surface area contributed by atoms with Crippen LogP contribution in [0.5, 0.6) is 0 Å². The number of carbonyl (C=O) groups excluding carboxylic acids is 2. The molecule has 7 nitrogen and oxygen atoms in total. The zero-order valence-corrected chi connectivity index (χ0v) is 16.2. The summed E-state index contributed by atoms with van der Waals surface area (Å²) >= 11 is 0. The molecule has 150 valence electrons. The number of sulfonamides is 1. The second-order valence-electron chi connectivity index (χ2n) is 7.53. The molecule has 0 aromatic heterocycles. The summed E-state index contributed by atoms with van der Waals surface area (Å²) in [4.78, 5) is 27.6. The van der Waals surface area contributed by atoms with Gasteiger partial charge in [0.05, 0.1) is 42.9 Å². The van der Waals surface area contributed by atoms with Crippen molar-refractivity contribution in [3.05, 3.63) is 42.2 Å². The van der Waals surface area contributed by atoms with Gasteiger partial charge in [-0.1, -0.05) is 12.2 Å². The number of nitrogens with zero attached hydrogens (tertiary/aromatic N) is 2. The minimum atomic E-state index is -3.67. The summed E-state index contributed by atoms with van der Waals surface area (Å²) in [7, 11) is -3.67. The molecule has 1 aromatic carbocycles. The molecule has 2 saturated heterocycles. The number of nitrogens with one attached hydrogen (secondary N) is 1. The van der Waals surface area contributed by atoms with Gasteiger partial charge in [0.1, 0.15) is 5.82 Å². The average Bonchev–Trinajstić information content (AvgIpc) is 2.94. The Morgan fingerprint density at radius 2 is 1.50 bits per heavy atom. The summed E-state index contributed by atoms with van der Waals surface area (Å²) in [5, 5.41) is 0. The number of amides is 2. The first-order valence-corrected chi connectivity index (χ1v) is 10.9. The van der Waals surface area contributed by atoms with Gasteiger partial charge in [0.2, 0.25) is 21.8 Å². The number of fused-ring (bicyclic) bond motifs is 1. The van der Waals surface area contributed by atoms with E-state index in [1.165, 1.54) is 21.3 Å². The van der Waals surface area contributed by atoms with Gasteiger partial charge in [-0.2, -0.15) is 4.31 Å². The number of halogens is 1. The van der Waals surface area contributed by atoms with Gasteiger partial charge in [-0.15, -0.1) is 0 Å². The highest BCUT2D eigenvalue weighted by molar-refractivity contribution is 7.89. The largest absolute Gasteiger partial charge is 0.315 e. The lowest BCUT2D eigenvalue weighted by Gasteiger charge is -2.33. The van der Waals surface area contributed by atoms with Crippen LogP contribution in [0.15, 0.2) is 41.3 Å². The molecule has 3 aliphatic rings. The van der Waals surface area contributed by atoms with E-state index < -0.39 is 15.8 Å². The number of likely N-dealkylation sites (tertiary alicyclic amines) is 1. The first-order chi connectivity index (χ1) is 13.4. The molecule has 2 aliphatic heterocycles. The van der Waals surface area contributed by atoms with Crippen LogP contribution in [-0.4, -0.2) is 62.3 Å². The van der Waals surface area contributed by atoms with E-state index in [9.17, 15) is 22.4 Å². The Labute approximate surface area is 163 Å². The van der Waals surface area contributed by atoms with Gasteiger partial charge in [0, 0.05) is 0 Å². The van der Waals surface area contributed by atoms with Crippen LogP contribution >= 0.6 is 0 Å². The quantitative estimate of drug-likeness (QED) is 0.544. The van der Waals surface area contributed by atoms with Crippen molar-refractivity contribution in [1.82, 2.24) is 9.21 Å². The molecule has 0 unspecified atom stereocenters. The highest BCUT2D eigenvalue weighted by Gasteiger charge is 2.48. The summed E-state index contributed by atoms with van der Waals surface area (Å²) in [6.07, 6.45) is 5.15. The van der Waals surface area contributed by atoms with Gasteiger partial charge >= 0.3 is 0 Å². The summed E-state index contributed by atoms with van der Waals surface area (Å²) in [6, 6.07) is 4.79. The number of piperazine rings is 1. The van der Waals surface area contributed by atoms with Gasteiger partial charge in [0.15, 0.2) is 6.67 Å². The first kappa shape index (κ1) is 19.2. The van der Waals surface area contributed by atoms with Crippen LogP contribution < -0.4 is 4.90 Å². The van der Waals surface area contributed by atoms with Crippen molar-refractivity contribution in [3.8, 4) is 0 Å². The topological polar surface area (TPSA) is 79.2 Å². The molecule has 4 rings (SSSR count). The summed E-state index contributed by atoms with van der Waals surface area (Å²) in [6.45, 7) is 1.88. The lowest BCUT2D eigenvalue weighted by molar-refractivity contribution is -0.910. The van der Waals surface area contributed by atoms with E-state index in [0.29, 0.717) is 39.0 Å². The molecular formula is C19H23FN3O4S+. The fraction of sp³-hybridized carbons (Fsp3) is 0.474. The molecule has 1 aromatic rings. The number of imide groups is 1. The monoisotopic (exact) mass is 408 g/mol. The van der Waals surface area contributed by atoms with Crippen molar-refractivity contribution in [3.63, 3.8) is 0 Å². The highest BCUT2D eigenvalue weighted by atomic mass is 32.2. The molecule has 28 heavy (non-hydrogen) atoms. The van der Waals surface area contributed by atoms with E-state index >= 15 is 0 Å². The van der Waals surface area contributed by atoms with E-state index in [0.717, 1.165) is 17.0 Å². The molecule has 2 heterocycles. The smallest absolute Gasteiger partial charge is 0.243 e. The van der Waals surface area contributed by atoms with Crippen molar-refractivity contribution in [2.75, 3.05) is 32.8 Å². The minimum absolute atomic E-state index is 0.0684. The van der Waals surface area contributed by atoms with E-state index in [1.54, 1.807) is 0 Å². The number of hydrogen-bond acceptors (Lipinski definition) is 4. The van der Waals surface area contributed by atoms with Crippen LogP contribution in [0, 0.1) is 17.7 Å². The second kappa shape index (κ2) is 7.38. The molecule has 0 bridgehead atoms. The van der Waals surface area contributed by atoms with Crippen molar-refractivity contribution in [1.29, 1.82) is 0 Å². The molecule has 1 aliphatic carbocycles. The highest BCUT2D eigenvalue weighted by Crippen LogP contribution is 2.34. The van der Waals surface area contributed by atoms with Crippen LogP contribution in [0.4, 0.5) is 4.39 Å². The molecule has 0 radical (unpaired) electrons. The molecule has 0 saturated carbocycles. The lowest BCUT2D eigenvalue weighted by Crippen LogP contribution is -3.16. The second-order valence-corrected chi connectivity index (χ2v) is 9.46. The molecule has 0 spiro atoms. The molecular weight excluding hydrogens is 385 g/mol. The summed E-state index contributed by atoms with van der Waals surface area (Å²) < 4.78 is 39.8. The van der Waals surface area contributed by atoms with Gasteiger partial charge in [-0.3, -0.25) is 9.59 Å². The van der Waals surface area contributed by atoms with E-state index in [1.807, 2.05) is 12.2 Å². The molecule has 2 amide bonds. The van der Waals surface area contributed by atoms with E-state index in [2.05, 4.69) is 0 Å². The van der Waals surface area contributed by atoms with Crippen molar-refractivity contribution in [2.45, 2.75) is 17.7 Å². The Bertz CT molecular complexity index is 882. The number of quaternary nitrogens is 1. The van der Waals surface area contributed by atoms with Gasteiger partial charge in [-0.05, 0) is 37.1 Å². The number of rotatable bonds is 4. The Hall–Kier alpha value is -2.10. The minimum Gasteiger partial charge on any atom is -0.315 e. The van der Waals surface area contributed by atoms with Crippen LogP contribution in [0.1, 0.15) is 12.8 Å². The number of allylic oxidation sites excluding steroid dienone is 2. The van der Waals surface area contributed by atoms with E-state index in [4.69, 9.17) is 0 Å². The predicted octanol–water partition coefficient (Wildman–Crippen LogP) is -0.376. The lowest BCUT2D eigenvalue weighted by atomic mass is 9.85. The van der Waals surface area contributed by atoms with Crippen molar-refractivity contribution < 1.29 is 27.3 Å². The standard InChI is InChI=1S/C19H22FN3O4S/c20-14-5-7-15(8-6-14)28(26,27)22-11-9-21(10-12-22)13-23-18(24)16-3-1-2-4-17(16)19(23)25/h1-2,5-8,16-17H,3-4,9-13H2/p+1/t16-,17-/m0/s1. The Kier molecular flexibility index (Phi) is 5.07. The fourth-order valence-corrected chi connectivity index (χ4v) is 5.65. The number of hydrogen-bond donors (Lipinski definition) is 1. The SMILES string of the molecule is O=C1[C@H]2CC=CC[C@@H]2C(=O)N1C[NH+]1CCN(S(=O)(=O)c2ccc(F)cc2)CC1. The molecule has 1 N–H and O–H groups in total. The predicted molar refractivity (Wildman–Crippen MR) is 97.9 cm³/mol. The van der Waals surface area contributed by atoms with Crippen LogP contribution in [0.3, 0.4) is 0 Å². The maximum absolute atomic E-state index is 13.1. The number of benzene rings is 1. The van der Waals surface area contributed by atoms with Crippen LogP contribution in [-0.2, 0) is 19.6 Å². The maximum atomic E-state index is 13.1. The number of carbonyl (C=O) groups is 2. The molecule has 2 atom stereocenters. The zero-order valence-electron chi connectivity index (χ0n) is 15.4. The van der Waals surface area contributed by atoms with Crippen LogP contribution in [0.25, 0.3) is 0 Å². The maximum Gasteiger partial charge on any atom is 0.243 e. The normalized spacial score (nSPS) is 26.7. The van der Waals surface area contributed by atoms with Gasteiger partial charge in [0.25, 0.3) is 0 Å². The van der Waals surface area contributed by atoms with Gasteiger partial charge in [-0.25, -0.2) is 17.7 Å². The third kappa shape index (κ3) is 3.38. The zero-order chi connectivity index (χ0) is 19.9. The van der Waals surface area contributed by atoms with E-state index in [-0.39, 0.29) is 35.2 Å². The van der Waals surface area contributed by atoms with Crippen molar-refractivity contribution >= 4 is 21.8 Å². The Balaban J connectivity index is 1.38. The van der Waals surface area contributed by atoms with Crippen molar-refractivity contribution in [2.24, 2.45) is 11.8 Å². The molecule has 9 heteroatoms. The van der Waals surface area contributed by atoms with Gasteiger partial charge < -0.3 is 4.90 Å². The first-order valence-electron chi connectivity index (χ1n) is 9.47.